The number of amides is 1. The Hall–Kier alpha value is -2.62. The molecule has 32 heavy (non-hydrogen) atoms. The summed E-state index contributed by atoms with van der Waals surface area (Å²) >= 11 is 0. The van der Waals surface area contributed by atoms with Crippen molar-refractivity contribution in [2.24, 2.45) is 5.92 Å². The van der Waals surface area contributed by atoms with E-state index in [1.54, 1.807) is 13.8 Å². The average molecular weight is 460 g/mol. The lowest BCUT2D eigenvalue weighted by atomic mass is 10.0. The Kier molecular flexibility index (Phi) is 6.55. The van der Waals surface area contributed by atoms with Crippen molar-refractivity contribution in [1.29, 1.82) is 0 Å². The molecule has 1 fully saturated rings. The number of rotatable bonds is 7. The van der Waals surface area contributed by atoms with Crippen LogP contribution in [0.5, 0.6) is 0 Å². The van der Waals surface area contributed by atoms with Gasteiger partial charge in [-0.3, -0.25) is 9.78 Å². The van der Waals surface area contributed by atoms with E-state index in [0.29, 0.717) is 24.6 Å². The van der Waals surface area contributed by atoms with Crippen molar-refractivity contribution in [1.82, 2.24) is 10.3 Å². The normalized spacial score (nSPS) is 16.7. The molecular weight excluding hydrogens is 438 g/mol. The third-order valence-corrected chi connectivity index (χ3v) is 5.30. The van der Waals surface area contributed by atoms with Crippen LogP contribution in [0.3, 0.4) is 0 Å². The number of ether oxygens (including phenoxy) is 1. The van der Waals surface area contributed by atoms with Crippen LogP contribution in [0.1, 0.15) is 49.1 Å². The Labute approximate surface area is 181 Å². The molecule has 0 bridgehead atoms. The Morgan fingerprint density at radius 2 is 1.56 bits per heavy atom. The zero-order valence-electron chi connectivity index (χ0n) is 17.3. The molecule has 1 aliphatic rings. The van der Waals surface area contributed by atoms with Gasteiger partial charge >= 0.3 is 12.4 Å². The van der Waals surface area contributed by atoms with E-state index in [1.807, 2.05) is 0 Å². The average Bonchev–Trinajstić information content (AvgIpc) is 3.47. The summed E-state index contributed by atoms with van der Waals surface area (Å²) in [6.07, 6.45) is -7.99. The smallest absolute Gasteiger partial charge is 0.362 e. The predicted octanol–water partition coefficient (Wildman–Crippen LogP) is 5.47. The van der Waals surface area contributed by atoms with E-state index >= 15 is 0 Å². The Bertz CT molecular complexity index is 933. The minimum Gasteiger partial charge on any atom is -0.362 e. The minimum atomic E-state index is -4.50. The molecule has 1 aromatic heterocycles. The van der Waals surface area contributed by atoms with Crippen LogP contribution in [0.15, 0.2) is 42.6 Å². The maximum atomic E-state index is 12.9. The molecule has 3 rings (SSSR count). The van der Waals surface area contributed by atoms with Gasteiger partial charge < -0.3 is 10.1 Å². The molecule has 1 aliphatic carbocycles. The summed E-state index contributed by atoms with van der Waals surface area (Å²) < 4.78 is 82.0. The predicted molar refractivity (Wildman–Crippen MR) is 103 cm³/mol. The van der Waals surface area contributed by atoms with Crippen LogP contribution in [0, 0.1) is 5.92 Å². The Morgan fingerprint density at radius 1 is 1.00 bits per heavy atom. The topological polar surface area (TPSA) is 51.2 Å². The monoisotopic (exact) mass is 460 g/mol. The highest BCUT2D eigenvalue weighted by Gasteiger charge is 2.47. The summed E-state index contributed by atoms with van der Waals surface area (Å²) in [6, 6.07) is 6.74. The highest BCUT2D eigenvalue weighted by molar-refractivity contribution is 5.82. The van der Waals surface area contributed by atoms with Gasteiger partial charge in [0.2, 0.25) is 5.91 Å². The second-order valence-corrected chi connectivity index (χ2v) is 8.16. The van der Waals surface area contributed by atoms with E-state index in [1.165, 1.54) is 18.2 Å². The second kappa shape index (κ2) is 8.73. The fourth-order valence-electron chi connectivity index (χ4n) is 3.32. The van der Waals surface area contributed by atoms with Gasteiger partial charge in [-0.2, -0.15) is 26.3 Å². The van der Waals surface area contributed by atoms with E-state index in [-0.39, 0.29) is 18.2 Å². The van der Waals surface area contributed by atoms with Crippen molar-refractivity contribution in [3.8, 4) is 0 Å². The zero-order valence-corrected chi connectivity index (χ0v) is 17.3. The van der Waals surface area contributed by atoms with E-state index < -0.39 is 41.0 Å². The van der Waals surface area contributed by atoms with E-state index in [4.69, 9.17) is 4.74 Å². The molecule has 174 valence electrons. The molecule has 1 aromatic carbocycles. The number of pyridine rings is 1. The number of halogens is 6. The Balaban J connectivity index is 1.65. The van der Waals surface area contributed by atoms with Gasteiger partial charge in [0.15, 0.2) is 0 Å². The number of nitrogens with zero attached hydrogens (tertiary/aromatic N) is 1. The largest absolute Gasteiger partial charge is 0.417 e. The maximum Gasteiger partial charge on any atom is 0.417 e. The number of alkyl halides is 6. The number of benzene rings is 1. The SMILES string of the molecule is CC(C)C(OCc1ccc(C(F)(F)F)cn1)C(=O)NC1(c2ccc(C(F)(F)F)cc2)CC1. The van der Waals surface area contributed by atoms with Crippen molar-refractivity contribution >= 4 is 5.91 Å². The molecule has 0 saturated heterocycles. The van der Waals surface area contributed by atoms with Crippen LogP contribution in [0.2, 0.25) is 0 Å². The molecule has 0 spiro atoms. The highest BCUT2D eigenvalue weighted by atomic mass is 19.4. The molecule has 2 aromatic rings. The number of carbonyl (C=O) groups excluding carboxylic acids is 1. The standard InChI is InChI=1S/C22H22F6N2O2/c1-13(2)18(32-12-17-8-7-16(11-29-17)22(26,27)28)19(31)30-20(9-10-20)14-3-5-15(6-4-14)21(23,24)25/h3-8,11,13,18H,9-10,12H2,1-2H3,(H,30,31). The third kappa shape index (κ3) is 5.59. The highest BCUT2D eigenvalue weighted by Crippen LogP contribution is 2.46. The van der Waals surface area contributed by atoms with E-state index in [0.717, 1.165) is 18.2 Å². The molecule has 1 heterocycles. The summed E-state index contributed by atoms with van der Waals surface area (Å²) in [7, 11) is 0. The van der Waals surface area contributed by atoms with Gasteiger partial charge in [0.1, 0.15) is 6.10 Å². The van der Waals surface area contributed by atoms with Gasteiger partial charge in [-0.1, -0.05) is 26.0 Å². The fourth-order valence-corrected chi connectivity index (χ4v) is 3.32. The first-order valence-corrected chi connectivity index (χ1v) is 9.95. The van der Waals surface area contributed by atoms with Crippen molar-refractivity contribution < 1.29 is 35.9 Å². The van der Waals surface area contributed by atoms with Crippen molar-refractivity contribution in [2.45, 2.75) is 57.3 Å². The zero-order chi connectivity index (χ0) is 23.7. The first-order chi connectivity index (χ1) is 14.8. The van der Waals surface area contributed by atoms with Crippen molar-refractivity contribution in [3.05, 3.63) is 65.0 Å². The summed E-state index contributed by atoms with van der Waals surface area (Å²) in [5.41, 5.74) is -1.59. The van der Waals surface area contributed by atoms with Crippen LogP contribution in [-0.4, -0.2) is 17.0 Å². The number of hydrogen-bond acceptors (Lipinski definition) is 3. The van der Waals surface area contributed by atoms with Crippen LogP contribution in [-0.2, 0) is 34.0 Å². The van der Waals surface area contributed by atoms with Crippen LogP contribution in [0.4, 0.5) is 26.3 Å². The van der Waals surface area contributed by atoms with Crippen LogP contribution < -0.4 is 5.32 Å². The van der Waals surface area contributed by atoms with Gasteiger partial charge in [-0.05, 0) is 48.6 Å². The quantitative estimate of drug-likeness (QED) is 0.558. The van der Waals surface area contributed by atoms with Gasteiger partial charge in [0.25, 0.3) is 0 Å². The molecule has 1 saturated carbocycles. The summed E-state index contributed by atoms with van der Waals surface area (Å²) in [6.45, 7) is 3.34. The first kappa shape index (κ1) is 24.0. The molecule has 1 unspecified atom stereocenters. The Morgan fingerprint density at radius 3 is 2.00 bits per heavy atom. The lowest BCUT2D eigenvalue weighted by Crippen LogP contribution is -2.44. The van der Waals surface area contributed by atoms with Gasteiger partial charge in [-0.25, -0.2) is 0 Å². The minimum absolute atomic E-state index is 0.165. The van der Waals surface area contributed by atoms with Crippen molar-refractivity contribution in [2.75, 3.05) is 0 Å². The van der Waals surface area contributed by atoms with Gasteiger partial charge in [0, 0.05) is 6.20 Å². The number of nitrogens with one attached hydrogen (secondary N) is 1. The molecule has 10 heteroatoms. The van der Waals surface area contributed by atoms with E-state index in [9.17, 15) is 31.1 Å². The first-order valence-electron chi connectivity index (χ1n) is 9.95. The molecule has 1 amide bonds. The van der Waals surface area contributed by atoms with Crippen molar-refractivity contribution in [3.63, 3.8) is 0 Å². The molecule has 1 atom stereocenters. The van der Waals surface area contributed by atoms with Gasteiger partial charge in [0.05, 0.1) is 29.0 Å². The summed E-state index contributed by atoms with van der Waals surface area (Å²) in [4.78, 5) is 16.6. The summed E-state index contributed by atoms with van der Waals surface area (Å²) in [5.74, 6) is -0.697. The van der Waals surface area contributed by atoms with Gasteiger partial charge in [-0.15, -0.1) is 0 Å². The molecule has 4 nitrogen and oxygen atoms in total. The van der Waals surface area contributed by atoms with Crippen LogP contribution >= 0.6 is 0 Å². The molecular formula is C22H22F6N2O2. The number of carbonyl (C=O) groups is 1. The summed E-state index contributed by atoms with van der Waals surface area (Å²) in [5, 5.41) is 2.87. The molecule has 0 aliphatic heterocycles. The number of aromatic nitrogens is 1. The molecule has 0 radical (unpaired) electrons. The fraction of sp³-hybridized carbons (Fsp3) is 0.455. The third-order valence-electron chi connectivity index (χ3n) is 5.30. The van der Waals surface area contributed by atoms with Crippen LogP contribution in [0.25, 0.3) is 0 Å². The second-order valence-electron chi connectivity index (χ2n) is 8.16. The number of hydrogen-bond donors (Lipinski definition) is 1. The molecule has 1 N–H and O–H groups in total. The lowest BCUT2D eigenvalue weighted by Gasteiger charge is -2.25. The van der Waals surface area contributed by atoms with E-state index in [2.05, 4.69) is 10.3 Å². The lowest BCUT2D eigenvalue weighted by molar-refractivity contribution is -0.139. The maximum absolute atomic E-state index is 12.9.